The van der Waals surface area contributed by atoms with E-state index in [4.69, 9.17) is 9.47 Å². The molecule has 1 heterocycles. The zero-order valence-electron chi connectivity index (χ0n) is 13.5. The van der Waals surface area contributed by atoms with E-state index >= 15 is 0 Å². The van der Waals surface area contributed by atoms with E-state index in [0.717, 1.165) is 26.0 Å². The summed E-state index contributed by atoms with van der Waals surface area (Å²) >= 11 is 1.75. The van der Waals surface area contributed by atoms with E-state index in [9.17, 15) is 5.11 Å². The number of benzene rings is 1. The maximum absolute atomic E-state index is 10.0. The van der Waals surface area contributed by atoms with Crippen molar-refractivity contribution in [3.05, 3.63) is 29.8 Å². The van der Waals surface area contributed by atoms with Crippen molar-refractivity contribution in [1.82, 2.24) is 4.90 Å². The van der Waals surface area contributed by atoms with Crippen LogP contribution in [0.4, 0.5) is 0 Å². The van der Waals surface area contributed by atoms with Crippen molar-refractivity contribution in [2.24, 2.45) is 0 Å². The van der Waals surface area contributed by atoms with Crippen molar-refractivity contribution in [2.75, 3.05) is 39.7 Å². The molecule has 0 amide bonds. The Kier molecular flexibility index (Phi) is 7.69. The molecular weight excluding hydrogens is 298 g/mol. The second-order valence-corrected chi connectivity index (χ2v) is 6.75. The summed E-state index contributed by atoms with van der Waals surface area (Å²) < 4.78 is 11.1. The van der Waals surface area contributed by atoms with Crippen LogP contribution in [0, 0.1) is 0 Å². The average molecular weight is 325 g/mol. The molecule has 0 spiro atoms. The van der Waals surface area contributed by atoms with E-state index in [2.05, 4.69) is 35.4 Å². The fraction of sp³-hybridized carbons (Fsp3) is 0.647. The zero-order valence-corrected chi connectivity index (χ0v) is 14.3. The van der Waals surface area contributed by atoms with Gasteiger partial charge in [0.15, 0.2) is 0 Å². The van der Waals surface area contributed by atoms with Crippen LogP contribution in [0.3, 0.4) is 0 Å². The molecule has 1 saturated heterocycles. The largest absolute Gasteiger partial charge is 0.389 e. The summed E-state index contributed by atoms with van der Waals surface area (Å²) in [7, 11) is 2.02. The first kappa shape index (κ1) is 17.8. The molecule has 0 aliphatic carbocycles. The van der Waals surface area contributed by atoms with Gasteiger partial charge in [-0.2, -0.15) is 0 Å². The van der Waals surface area contributed by atoms with Crippen molar-refractivity contribution in [2.45, 2.75) is 36.5 Å². The highest BCUT2D eigenvalue weighted by molar-refractivity contribution is 7.98. The van der Waals surface area contributed by atoms with Gasteiger partial charge in [-0.1, -0.05) is 12.1 Å². The fourth-order valence-electron chi connectivity index (χ4n) is 2.63. The predicted molar refractivity (Wildman–Crippen MR) is 90.4 cm³/mol. The number of ether oxygens (including phenoxy) is 2. The van der Waals surface area contributed by atoms with E-state index in [-0.39, 0.29) is 6.10 Å². The highest BCUT2D eigenvalue weighted by atomic mass is 32.2. The summed E-state index contributed by atoms with van der Waals surface area (Å²) in [5.74, 6) is 0. The van der Waals surface area contributed by atoms with Crippen LogP contribution in [0.1, 0.15) is 18.4 Å². The maximum Gasteiger partial charge on any atom is 0.0900 e. The van der Waals surface area contributed by atoms with Crippen molar-refractivity contribution >= 4 is 11.8 Å². The van der Waals surface area contributed by atoms with Gasteiger partial charge < -0.3 is 14.6 Å². The van der Waals surface area contributed by atoms with E-state index in [1.165, 1.54) is 10.5 Å². The van der Waals surface area contributed by atoms with E-state index < -0.39 is 6.10 Å². The van der Waals surface area contributed by atoms with Gasteiger partial charge in [0.2, 0.25) is 0 Å². The van der Waals surface area contributed by atoms with Crippen molar-refractivity contribution in [1.29, 1.82) is 0 Å². The Hall–Kier alpha value is -0.590. The Morgan fingerprint density at radius 2 is 2.18 bits per heavy atom. The molecule has 4 nitrogen and oxygen atoms in total. The smallest absolute Gasteiger partial charge is 0.0900 e. The molecule has 2 unspecified atom stereocenters. The van der Waals surface area contributed by atoms with Gasteiger partial charge in [0.25, 0.3) is 0 Å². The van der Waals surface area contributed by atoms with E-state index in [0.29, 0.717) is 19.8 Å². The van der Waals surface area contributed by atoms with Crippen LogP contribution in [-0.4, -0.2) is 61.9 Å². The molecule has 124 valence electrons. The second-order valence-electron chi connectivity index (χ2n) is 5.87. The number of rotatable bonds is 9. The Balaban J connectivity index is 1.63. The molecule has 2 rings (SSSR count). The summed E-state index contributed by atoms with van der Waals surface area (Å²) in [6.45, 7) is 3.24. The minimum Gasteiger partial charge on any atom is -0.389 e. The van der Waals surface area contributed by atoms with Gasteiger partial charge >= 0.3 is 0 Å². The minimum atomic E-state index is -0.461. The lowest BCUT2D eigenvalue weighted by Crippen LogP contribution is -2.32. The highest BCUT2D eigenvalue weighted by Crippen LogP contribution is 2.16. The summed E-state index contributed by atoms with van der Waals surface area (Å²) in [6, 6.07) is 8.55. The molecule has 1 fully saturated rings. The van der Waals surface area contributed by atoms with Gasteiger partial charge in [-0.3, -0.25) is 4.90 Å². The van der Waals surface area contributed by atoms with Crippen LogP contribution < -0.4 is 0 Å². The third-order valence-electron chi connectivity index (χ3n) is 3.77. The molecule has 1 N–H and O–H groups in total. The van der Waals surface area contributed by atoms with Gasteiger partial charge in [-0.25, -0.2) is 0 Å². The first-order valence-electron chi connectivity index (χ1n) is 7.86. The Morgan fingerprint density at radius 3 is 2.82 bits per heavy atom. The molecule has 0 bridgehead atoms. The average Bonchev–Trinajstić information content (AvgIpc) is 3.01. The summed E-state index contributed by atoms with van der Waals surface area (Å²) in [4.78, 5) is 3.39. The number of thioether (sulfide) groups is 1. The van der Waals surface area contributed by atoms with Crippen LogP contribution in [0.15, 0.2) is 29.2 Å². The Morgan fingerprint density at radius 1 is 1.41 bits per heavy atom. The molecule has 0 saturated carbocycles. The van der Waals surface area contributed by atoms with Crippen LogP contribution in [0.2, 0.25) is 0 Å². The molecule has 1 aliphatic heterocycles. The van der Waals surface area contributed by atoms with Gasteiger partial charge in [-0.15, -0.1) is 11.8 Å². The monoisotopic (exact) mass is 325 g/mol. The molecule has 1 aromatic carbocycles. The molecule has 1 aliphatic rings. The lowest BCUT2D eigenvalue weighted by molar-refractivity contribution is -0.0238. The van der Waals surface area contributed by atoms with E-state index in [1.807, 2.05) is 7.05 Å². The van der Waals surface area contributed by atoms with Crippen molar-refractivity contribution in [3.8, 4) is 0 Å². The highest BCUT2D eigenvalue weighted by Gasteiger charge is 2.16. The van der Waals surface area contributed by atoms with Crippen LogP contribution in [-0.2, 0) is 16.0 Å². The Labute approximate surface area is 137 Å². The number of likely N-dealkylation sites (N-methyl/N-ethyl adjacent to an activating group) is 1. The second kappa shape index (κ2) is 9.53. The summed E-state index contributed by atoms with van der Waals surface area (Å²) in [5.41, 5.74) is 1.26. The third-order valence-corrected chi connectivity index (χ3v) is 4.52. The fourth-order valence-corrected chi connectivity index (χ4v) is 3.04. The van der Waals surface area contributed by atoms with Gasteiger partial charge in [0.1, 0.15) is 0 Å². The van der Waals surface area contributed by atoms with Crippen LogP contribution >= 0.6 is 11.8 Å². The normalized spacial score (nSPS) is 19.7. The number of aliphatic hydroxyl groups is 1. The van der Waals surface area contributed by atoms with Gasteiger partial charge in [0, 0.05) is 24.6 Å². The van der Waals surface area contributed by atoms with Crippen LogP contribution in [0.25, 0.3) is 0 Å². The van der Waals surface area contributed by atoms with Crippen molar-refractivity contribution < 1.29 is 14.6 Å². The number of aliphatic hydroxyl groups excluding tert-OH is 1. The molecular formula is C17H27NO3S. The van der Waals surface area contributed by atoms with Gasteiger partial charge in [-0.05, 0) is 43.8 Å². The quantitative estimate of drug-likeness (QED) is 0.706. The van der Waals surface area contributed by atoms with Crippen LogP contribution in [0.5, 0.6) is 0 Å². The number of hydrogen-bond acceptors (Lipinski definition) is 5. The van der Waals surface area contributed by atoms with Crippen molar-refractivity contribution in [3.63, 3.8) is 0 Å². The zero-order chi connectivity index (χ0) is 15.8. The molecule has 2 atom stereocenters. The first-order valence-corrected chi connectivity index (χ1v) is 9.08. The standard InChI is InChI=1S/C17H27NO3S/c1-18(10-14-5-7-17(22-2)8-6-14)11-15(19)12-20-13-16-4-3-9-21-16/h5-8,15-16,19H,3-4,9-13H2,1-2H3. The molecule has 5 heteroatoms. The van der Waals surface area contributed by atoms with E-state index in [1.54, 1.807) is 11.8 Å². The topological polar surface area (TPSA) is 41.9 Å². The number of hydrogen-bond donors (Lipinski definition) is 1. The molecule has 0 aromatic heterocycles. The Bertz CT molecular complexity index is 420. The SMILES string of the molecule is CSc1ccc(CN(C)CC(O)COCC2CCCO2)cc1. The minimum absolute atomic E-state index is 0.222. The number of nitrogens with zero attached hydrogens (tertiary/aromatic N) is 1. The predicted octanol–water partition coefficient (Wildman–Crippen LogP) is 2.40. The summed E-state index contributed by atoms with van der Waals surface area (Å²) in [6.07, 6.45) is 4.03. The van der Waals surface area contributed by atoms with Gasteiger partial charge in [0.05, 0.1) is 25.4 Å². The lowest BCUT2D eigenvalue weighted by Gasteiger charge is -2.21. The summed E-state index contributed by atoms with van der Waals surface area (Å²) in [5, 5.41) is 10.0. The lowest BCUT2D eigenvalue weighted by atomic mass is 10.2. The molecule has 0 radical (unpaired) electrons. The molecule has 1 aromatic rings. The first-order chi connectivity index (χ1) is 10.7. The third kappa shape index (κ3) is 6.26. The molecule has 22 heavy (non-hydrogen) atoms. The maximum atomic E-state index is 10.0.